The summed E-state index contributed by atoms with van der Waals surface area (Å²) in [5, 5.41) is 30.1. The molecule has 0 aromatic heterocycles. The molecule has 3 aliphatic rings. The number of hydrogen-bond acceptors (Lipinski definition) is 13. The maximum absolute atomic E-state index is 13.1. The third kappa shape index (κ3) is 22.1. The van der Waals surface area contributed by atoms with Crippen LogP contribution in [0.4, 0.5) is 0 Å². The number of carbonyl (C=O) groups is 10. The molecule has 3 heterocycles. The molecule has 0 aromatic carbocycles. The van der Waals surface area contributed by atoms with Crippen LogP contribution < -0.4 is 43.8 Å². The molecule has 0 aliphatic carbocycles. The van der Waals surface area contributed by atoms with Crippen molar-refractivity contribution >= 4 is 60.1 Å². The van der Waals surface area contributed by atoms with Gasteiger partial charge in [0.05, 0.1) is 32.3 Å². The van der Waals surface area contributed by atoms with E-state index in [9.17, 15) is 48.3 Å². The van der Waals surface area contributed by atoms with Crippen molar-refractivity contribution in [3.8, 4) is 0 Å². The molecule has 3 aliphatic heterocycles. The van der Waals surface area contributed by atoms with Gasteiger partial charge in [-0.15, -0.1) is 0 Å². The molecular weight excluding hydrogens is 790 g/mol. The Morgan fingerprint density at radius 3 is 1.62 bits per heavy atom. The van der Waals surface area contributed by atoms with Crippen LogP contribution in [0.25, 0.3) is 0 Å². The van der Waals surface area contributed by atoms with E-state index in [0.29, 0.717) is 51.7 Å². The zero-order chi connectivity index (χ0) is 46.4. The topological polar surface area (TPSA) is 359 Å². The third-order valence-corrected chi connectivity index (χ3v) is 8.69. The normalized spacial score (nSPS) is 17.7. The maximum Gasteiger partial charge on any atom is 0.248 e. The fraction of sp³-hybridized carbons (Fsp3) is 0.730. The summed E-state index contributed by atoms with van der Waals surface area (Å²) >= 11 is 0. The molecule has 10 amide bonds. The van der Waals surface area contributed by atoms with Gasteiger partial charge in [-0.05, 0) is 66.2 Å². The second kappa shape index (κ2) is 32.4. The van der Waals surface area contributed by atoms with Crippen LogP contribution in [-0.2, 0) is 47.9 Å². The number of likely N-dealkylation sites (tertiary alicyclic amines) is 3. The van der Waals surface area contributed by atoms with Crippen molar-refractivity contribution in [1.29, 1.82) is 0 Å². The van der Waals surface area contributed by atoms with E-state index in [4.69, 9.17) is 15.6 Å². The summed E-state index contributed by atoms with van der Waals surface area (Å²) in [6.45, 7) is 11.2. The van der Waals surface area contributed by atoms with Gasteiger partial charge in [0.25, 0.3) is 0 Å². The van der Waals surface area contributed by atoms with Gasteiger partial charge >= 0.3 is 0 Å². The Labute approximate surface area is 351 Å². The monoisotopic (exact) mass is 860 g/mol. The van der Waals surface area contributed by atoms with Crippen LogP contribution in [0.2, 0.25) is 0 Å². The third-order valence-electron chi connectivity index (χ3n) is 8.69. The number of nitrogens with one attached hydrogen (secondary N) is 5. The number of hydrogen-bond donors (Lipinski definition) is 10. The molecule has 5 atom stereocenters. The van der Waals surface area contributed by atoms with Gasteiger partial charge in [-0.25, -0.2) is 0 Å². The first-order valence-electron chi connectivity index (χ1n) is 20.0. The summed E-state index contributed by atoms with van der Waals surface area (Å²) in [6, 6.07) is -4.50. The van der Waals surface area contributed by atoms with E-state index in [0.717, 1.165) is 12.8 Å². The molecule has 0 saturated carbocycles. The van der Waals surface area contributed by atoms with Crippen LogP contribution in [0.5, 0.6) is 0 Å². The van der Waals surface area contributed by atoms with Crippen LogP contribution in [0.1, 0.15) is 86.5 Å². The standard InChI is InChI=1S/C27H44N8O8.C4H9NO.C3H7NO2.C2H6.CH3NO/c1-16(28)23(39)32-18(15-36)27(43)35-12-6-8-20(35)24(40)29-13-21(37)31-17(2)26(42)34-11-5-7-19(34)25(41)30-14-22(38)33-9-3-4-10-33;1-4(2)5-3-6;4-3(6)1-2-5;1-2;2-1-3/h16-20,36H,3-15,28H2,1-2H3,(H,29,40)(H,30,41)(H,31,37)(H,32,39);3-4H,1-2H3,(H,5,6);5H,1-2H2,(H2,4,6);1-2H3;1H,(H2,2,3)/t16?,17?,18?,19?,20-;;;;/m0..../s1. The Kier molecular flexibility index (Phi) is 30.6. The largest absolute Gasteiger partial charge is 0.396 e. The number of carbonyl (C=O) groups excluding carboxylic acids is 10. The second-order valence-electron chi connectivity index (χ2n) is 13.7. The minimum atomic E-state index is -1.26. The second-order valence-corrected chi connectivity index (χ2v) is 13.7. The molecule has 23 nitrogen and oxygen atoms in total. The Hall–Kier alpha value is -5.42. The van der Waals surface area contributed by atoms with Gasteiger partial charge in [-0.2, -0.15) is 0 Å². The van der Waals surface area contributed by atoms with E-state index in [1.165, 1.54) is 23.6 Å². The van der Waals surface area contributed by atoms with Gasteiger partial charge in [0.15, 0.2) is 0 Å². The summed E-state index contributed by atoms with van der Waals surface area (Å²) < 4.78 is 0. The highest BCUT2D eigenvalue weighted by Gasteiger charge is 2.39. The first-order chi connectivity index (χ1) is 28.4. The number of primary amides is 2. The first-order valence-corrected chi connectivity index (χ1v) is 20.0. The average molecular weight is 860 g/mol. The van der Waals surface area contributed by atoms with Gasteiger partial charge in [-0.1, -0.05) is 13.8 Å². The highest BCUT2D eigenvalue weighted by molar-refractivity contribution is 5.96. The molecule has 4 unspecified atom stereocenters. The fourth-order valence-corrected chi connectivity index (χ4v) is 5.79. The predicted molar refractivity (Wildman–Crippen MR) is 218 cm³/mol. The van der Waals surface area contributed by atoms with Gasteiger partial charge in [0.2, 0.25) is 60.1 Å². The number of rotatable bonds is 16. The number of nitrogens with two attached hydrogens (primary N) is 3. The number of amides is 10. The molecule has 23 heteroatoms. The van der Waals surface area contributed by atoms with Crippen molar-refractivity contribution in [2.75, 3.05) is 52.5 Å². The Morgan fingerprint density at radius 1 is 0.750 bits per heavy atom. The van der Waals surface area contributed by atoms with Crippen molar-refractivity contribution in [2.24, 2.45) is 17.2 Å². The number of nitrogens with zero attached hydrogens (tertiary/aromatic N) is 3. The molecular formula is C37H69N11O12. The molecule has 60 heavy (non-hydrogen) atoms. The quantitative estimate of drug-likeness (QED) is 0.0653. The molecule has 3 rings (SSSR count). The molecule has 13 N–H and O–H groups in total. The summed E-state index contributed by atoms with van der Waals surface area (Å²) in [5.74, 6) is -3.98. The van der Waals surface area contributed by atoms with E-state index in [-0.39, 0.29) is 44.5 Å². The van der Waals surface area contributed by atoms with Crippen molar-refractivity contribution in [1.82, 2.24) is 41.3 Å². The molecule has 0 spiro atoms. The zero-order valence-corrected chi connectivity index (χ0v) is 35.8. The van der Waals surface area contributed by atoms with Crippen LogP contribution in [-0.4, -0.2) is 174 Å². The van der Waals surface area contributed by atoms with Crippen LogP contribution in [0.15, 0.2) is 0 Å². The fourth-order valence-electron chi connectivity index (χ4n) is 5.79. The molecule has 0 bridgehead atoms. The van der Waals surface area contributed by atoms with E-state index in [1.807, 2.05) is 27.7 Å². The van der Waals surface area contributed by atoms with Crippen LogP contribution >= 0.6 is 0 Å². The number of aliphatic hydroxyl groups excluding tert-OH is 2. The Bertz CT molecular complexity index is 1380. The summed E-state index contributed by atoms with van der Waals surface area (Å²) in [4.78, 5) is 120. The van der Waals surface area contributed by atoms with E-state index >= 15 is 0 Å². The lowest BCUT2D eigenvalue weighted by molar-refractivity contribution is -0.143. The minimum Gasteiger partial charge on any atom is -0.396 e. The van der Waals surface area contributed by atoms with E-state index in [2.05, 4.69) is 38.1 Å². The SMILES string of the molecule is CC.CC(C)NC=O.CC(N)C(=O)NC(CO)C(=O)N1CCC[C@H]1C(=O)NCC(=O)NC(C)C(=O)N1CCCC1C(=O)NCC(=O)N1CCCC1.NC(=O)CCO.NC=O. The van der Waals surface area contributed by atoms with Crippen molar-refractivity contribution in [3.63, 3.8) is 0 Å². The highest BCUT2D eigenvalue weighted by Crippen LogP contribution is 2.20. The Balaban J connectivity index is 0. The van der Waals surface area contributed by atoms with Crippen LogP contribution in [0.3, 0.4) is 0 Å². The highest BCUT2D eigenvalue weighted by atomic mass is 16.3. The maximum atomic E-state index is 13.1. The summed E-state index contributed by atoms with van der Waals surface area (Å²) in [6.07, 6.45) is 4.78. The lowest BCUT2D eigenvalue weighted by Crippen LogP contribution is -2.57. The molecule has 344 valence electrons. The predicted octanol–water partition coefficient (Wildman–Crippen LogP) is -4.73. The van der Waals surface area contributed by atoms with Crippen LogP contribution in [0, 0.1) is 0 Å². The summed E-state index contributed by atoms with van der Waals surface area (Å²) in [7, 11) is 0. The molecule has 3 saturated heterocycles. The van der Waals surface area contributed by atoms with Crippen molar-refractivity contribution < 1.29 is 58.2 Å². The summed E-state index contributed by atoms with van der Waals surface area (Å²) in [5.41, 5.74) is 14.3. The molecule has 0 aromatic rings. The van der Waals surface area contributed by atoms with E-state index in [1.54, 1.807) is 4.90 Å². The van der Waals surface area contributed by atoms with Gasteiger partial charge in [0, 0.05) is 38.6 Å². The lowest BCUT2D eigenvalue weighted by atomic mass is 10.1. The van der Waals surface area contributed by atoms with Gasteiger partial charge in [-0.3, -0.25) is 47.9 Å². The average Bonchev–Trinajstić information content (AvgIpc) is 4.02. The zero-order valence-electron chi connectivity index (χ0n) is 35.8. The molecule has 0 radical (unpaired) electrons. The minimum absolute atomic E-state index is 0.0694. The molecule has 3 fully saturated rings. The van der Waals surface area contributed by atoms with Crippen molar-refractivity contribution in [2.45, 2.75) is 123 Å². The van der Waals surface area contributed by atoms with Gasteiger partial charge in [0.1, 0.15) is 24.2 Å². The smallest absolute Gasteiger partial charge is 0.248 e. The van der Waals surface area contributed by atoms with E-state index < -0.39 is 84.7 Å². The Morgan fingerprint density at radius 2 is 1.23 bits per heavy atom. The van der Waals surface area contributed by atoms with Crippen molar-refractivity contribution in [3.05, 3.63) is 0 Å². The number of aliphatic hydroxyl groups is 2. The lowest BCUT2D eigenvalue weighted by Gasteiger charge is -2.28. The van der Waals surface area contributed by atoms with Gasteiger partial charge < -0.3 is 68.7 Å². The first kappa shape index (κ1) is 56.7.